The lowest BCUT2D eigenvalue weighted by Gasteiger charge is -2.28. The highest BCUT2D eigenvalue weighted by Crippen LogP contribution is 2.24. The average Bonchev–Trinajstić information content (AvgIpc) is 2.75. The summed E-state index contributed by atoms with van der Waals surface area (Å²) in [5.74, 6) is 0.924. The van der Waals surface area contributed by atoms with Crippen LogP contribution in [0.4, 0.5) is 0 Å². The number of hydrogen-bond donors (Lipinski definition) is 0. The highest BCUT2D eigenvalue weighted by Gasteiger charge is 2.23. The minimum Gasteiger partial charge on any atom is -0.293 e. The summed E-state index contributed by atoms with van der Waals surface area (Å²) in [4.78, 5) is 11.7. The number of rotatable bonds is 2. The highest BCUT2D eigenvalue weighted by atomic mass is 35.5. The summed E-state index contributed by atoms with van der Waals surface area (Å²) < 4.78 is 1.76. The number of aryl methyl sites for hydroxylation is 1. The maximum atomic E-state index is 6.20. The number of aromatic nitrogens is 4. The fourth-order valence-corrected chi connectivity index (χ4v) is 2.93. The molecule has 0 spiro atoms. The van der Waals surface area contributed by atoms with Crippen molar-refractivity contribution in [3.05, 3.63) is 40.2 Å². The van der Waals surface area contributed by atoms with Crippen LogP contribution in [-0.2, 0) is 32.0 Å². The monoisotopic (exact) mass is 319 g/mol. The minimum absolute atomic E-state index is 0.00630. The molecule has 5 nitrogen and oxygen atoms in total. The molecule has 2 aromatic rings. The molecule has 3 rings (SSSR count). The first kappa shape index (κ1) is 15.4. The predicted molar refractivity (Wildman–Crippen MR) is 86.8 cm³/mol. The highest BCUT2D eigenvalue weighted by molar-refractivity contribution is 6.31. The number of nitrogens with zero attached hydrogens (tertiary/aromatic N) is 5. The van der Waals surface area contributed by atoms with Gasteiger partial charge in [-0.05, 0) is 0 Å². The van der Waals surface area contributed by atoms with Gasteiger partial charge < -0.3 is 0 Å². The van der Waals surface area contributed by atoms with Crippen molar-refractivity contribution in [1.82, 2.24) is 24.6 Å². The third-order valence-electron chi connectivity index (χ3n) is 3.91. The maximum absolute atomic E-state index is 6.20. The van der Waals surface area contributed by atoms with E-state index in [1.165, 1.54) is 11.3 Å². The van der Waals surface area contributed by atoms with Crippen molar-refractivity contribution in [2.75, 3.05) is 6.54 Å². The summed E-state index contributed by atoms with van der Waals surface area (Å²) in [6.07, 6.45) is 4.77. The van der Waals surface area contributed by atoms with Gasteiger partial charge in [0.2, 0.25) is 0 Å². The van der Waals surface area contributed by atoms with Crippen LogP contribution in [0.3, 0.4) is 0 Å². The smallest absolute Gasteiger partial charge is 0.133 e. The van der Waals surface area contributed by atoms with E-state index in [1.807, 2.05) is 19.4 Å². The van der Waals surface area contributed by atoms with Crippen molar-refractivity contribution in [2.24, 2.45) is 7.05 Å². The molecule has 0 aliphatic carbocycles. The second-order valence-electron chi connectivity index (χ2n) is 6.97. The summed E-state index contributed by atoms with van der Waals surface area (Å²) in [6, 6.07) is 0. The Morgan fingerprint density at radius 2 is 2.09 bits per heavy atom. The van der Waals surface area contributed by atoms with Gasteiger partial charge in [-0.1, -0.05) is 32.4 Å². The van der Waals surface area contributed by atoms with Gasteiger partial charge in [0, 0.05) is 62.2 Å². The van der Waals surface area contributed by atoms with Gasteiger partial charge in [-0.2, -0.15) is 5.10 Å². The van der Waals surface area contributed by atoms with E-state index in [0.29, 0.717) is 0 Å². The van der Waals surface area contributed by atoms with Gasteiger partial charge in [0.1, 0.15) is 5.82 Å². The Morgan fingerprint density at radius 3 is 2.73 bits per heavy atom. The quantitative estimate of drug-likeness (QED) is 0.854. The Hall–Kier alpha value is -1.46. The van der Waals surface area contributed by atoms with Crippen LogP contribution in [0.15, 0.2) is 12.4 Å². The molecular formula is C16H22ClN5. The largest absolute Gasteiger partial charge is 0.293 e. The number of fused-ring (bicyclic) bond motifs is 1. The summed E-state index contributed by atoms with van der Waals surface area (Å²) in [7, 11) is 1.89. The molecule has 0 bridgehead atoms. The van der Waals surface area contributed by atoms with Gasteiger partial charge in [0.15, 0.2) is 0 Å². The third-order valence-corrected chi connectivity index (χ3v) is 4.23. The zero-order valence-corrected chi connectivity index (χ0v) is 14.4. The molecule has 0 saturated heterocycles. The second kappa shape index (κ2) is 5.63. The fraction of sp³-hybridized carbons (Fsp3) is 0.562. The summed E-state index contributed by atoms with van der Waals surface area (Å²) in [5, 5.41) is 5.15. The molecule has 0 unspecified atom stereocenters. The van der Waals surface area contributed by atoms with Gasteiger partial charge in [-0.25, -0.2) is 9.97 Å². The van der Waals surface area contributed by atoms with E-state index < -0.39 is 0 Å². The van der Waals surface area contributed by atoms with Crippen LogP contribution >= 0.6 is 11.6 Å². The van der Waals surface area contributed by atoms with Gasteiger partial charge in [-0.3, -0.25) is 9.58 Å². The lowest BCUT2D eigenvalue weighted by molar-refractivity contribution is 0.238. The van der Waals surface area contributed by atoms with Gasteiger partial charge in [-0.15, -0.1) is 0 Å². The third kappa shape index (κ3) is 3.15. The van der Waals surface area contributed by atoms with E-state index in [2.05, 4.69) is 35.8 Å². The van der Waals surface area contributed by atoms with Crippen LogP contribution in [-0.4, -0.2) is 31.2 Å². The van der Waals surface area contributed by atoms with Crippen molar-refractivity contribution < 1.29 is 0 Å². The van der Waals surface area contributed by atoms with Crippen molar-refractivity contribution in [1.29, 1.82) is 0 Å². The van der Waals surface area contributed by atoms with E-state index >= 15 is 0 Å². The van der Waals surface area contributed by atoms with Crippen LogP contribution in [0, 0.1) is 0 Å². The Morgan fingerprint density at radius 1 is 1.32 bits per heavy atom. The Kier molecular flexibility index (Phi) is 3.95. The Balaban J connectivity index is 1.76. The molecule has 2 aromatic heterocycles. The van der Waals surface area contributed by atoms with Crippen LogP contribution in [0.5, 0.6) is 0 Å². The zero-order chi connectivity index (χ0) is 15.9. The summed E-state index contributed by atoms with van der Waals surface area (Å²) in [6.45, 7) is 9.03. The molecule has 0 saturated carbocycles. The standard InChI is InChI=1S/C16H22ClN5/c1-16(2,3)15-18-7-11-8-22(6-5-13(11)19-15)10-14-12(17)9-21(4)20-14/h7,9H,5-6,8,10H2,1-4H3. The van der Waals surface area contributed by atoms with Gasteiger partial charge >= 0.3 is 0 Å². The first-order chi connectivity index (χ1) is 10.3. The van der Waals surface area contributed by atoms with E-state index in [4.69, 9.17) is 16.6 Å². The maximum Gasteiger partial charge on any atom is 0.133 e. The molecule has 0 aromatic carbocycles. The molecule has 6 heteroatoms. The van der Waals surface area contributed by atoms with Crippen molar-refractivity contribution in [3.63, 3.8) is 0 Å². The predicted octanol–water partition coefficient (Wildman–Crippen LogP) is 2.72. The van der Waals surface area contributed by atoms with Crippen LogP contribution in [0.25, 0.3) is 0 Å². The molecule has 0 N–H and O–H groups in total. The Labute approximate surface area is 136 Å². The second-order valence-corrected chi connectivity index (χ2v) is 7.38. The Bertz CT molecular complexity index is 686. The molecule has 22 heavy (non-hydrogen) atoms. The molecule has 3 heterocycles. The lowest BCUT2D eigenvalue weighted by Crippen LogP contribution is -2.32. The van der Waals surface area contributed by atoms with Gasteiger partial charge in [0.05, 0.1) is 10.7 Å². The number of hydrogen-bond acceptors (Lipinski definition) is 4. The van der Waals surface area contributed by atoms with Crippen molar-refractivity contribution in [3.8, 4) is 0 Å². The van der Waals surface area contributed by atoms with Crippen molar-refractivity contribution in [2.45, 2.75) is 45.7 Å². The van der Waals surface area contributed by atoms with E-state index in [0.717, 1.165) is 42.6 Å². The van der Waals surface area contributed by atoms with Crippen LogP contribution in [0.2, 0.25) is 5.02 Å². The fourth-order valence-electron chi connectivity index (χ4n) is 2.70. The molecule has 0 radical (unpaired) electrons. The number of halogens is 1. The van der Waals surface area contributed by atoms with E-state index in [9.17, 15) is 0 Å². The molecule has 0 atom stereocenters. The van der Waals surface area contributed by atoms with Gasteiger partial charge in [0.25, 0.3) is 0 Å². The van der Waals surface area contributed by atoms with E-state index in [1.54, 1.807) is 4.68 Å². The lowest BCUT2D eigenvalue weighted by atomic mass is 9.95. The zero-order valence-electron chi connectivity index (χ0n) is 13.6. The molecule has 1 aliphatic rings. The average molecular weight is 320 g/mol. The molecule has 0 amide bonds. The first-order valence-electron chi connectivity index (χ1n) is 7.58. The molecule has 1 aliphatic heterocycles. The molecule has 0 fully saturated rings. The minimum atomic E-state index is -0.00630. The normalized spacial score (nSPS) is 15.9. The SMILES string of the molecule is Cn1cc(Cl)c(CN2CCc3nc(C(C)(C)C)ncc3C2)n1. The molecule has 118 valence electrons. The first-order valence-corrected chi connectivity index (χ1v) is 7.96. The molecular weight excluding hydrogens is 298 g/mol. The summed E-state index contributed by atoms with van der Waals surface area (Å²) in [5.41, 5.74) is 3.32. The van der Waals surface area contributed by atoms with E-state index in [-0.39, 0.29) is 5.41 Å². The van der Waals surface area contributed by atoms with Crippen LogP contribution < -0.4 is 0 Å². The van der Waals surface area contributed by atoms with Crippen LogP contribution in [0.1, 0.15) is 43.5 Å². The van der Waals surface area contributed by atoms with Crippen molar-refractivity contribution >= 4 is 11.6 Å². The topological polar surface area (TPSA) is 46.8 Å². The summed E-state index contributed by atoms with van der Waals surface area (Å²) >= 11 is 6.20.